The van der Waals surface area contributed by atoms with Gasteiger partial charge in [-0.15, -0.1) is 0 Å². The lowest BCUT2D eigenvalue weighted by molar-refractivity contribution is -0.142. The Kier molecular flexibility index (Phi) is 26.5. The number of hydrogen-bond donors (Lipinski definition) is 11. The highest BCUT2D eigenvalue weighted by molar-refractivity contribution is 14.1. The molecular weight excluding hydrogens is 1230 g/mol. The Bertz CT molecular complexity index is 2710. The van der Waals surface area contributed by atoms with Crippen molar-refractivity contribution in [1.82, 2.24) is 42.1 Å². The van der Waals surface area contributed by atoms with Crippen molar-refractivity contribution < 1.29 is 57.8 Å². The lowest BCUT2D eigenvalue weighted by atomic mass is 9.85. The van der Waals surface area contributed by atoms with Crippen LogP contribution in [0.4, 0.5) is 5.69 Å². The summed E-state index contributed by atoms with van der Waals surface area (Å²) in [5.41, 5.74) is 27.7. The van der Waals surface area contributed by atoms with Crippen LogP contribution in [0.1, 0.15) is 109 Å². The van der Waals surface area contributed by atoms with Gasteiger partial charge in [0.2, 0.25) is 59.1 Å². The fraction of sp³-hybridized carbons (Fsp3) is 0.593. The molecule has 0 radical (unpaired) electrons. The number of ether oxygens (including phenoxy) is 1. The molecule has 29 heteroatoms. The van der Waals surface area contributed by atoms with Crippen molar-refractivity contribution in [3.05, 3.63) is 67.6 Å². The minimum absolute atomic E-state index is 0.0135. The molecule has 3 fully saturated rings. The number of nitrogens with one attached hydrogen (secondary N) is 7. The fourth-order valence-electron chi connectivity index (χ4n) is 10.1. The third kappa shape index (κ3) is 19.9. The molecule has 2 saturated heterocycles. The molecule has 1 saturated carbocycles. The normalized spacial score (nSPS) is 23.5. The lowest BCUT2D eigenvalue weighted by Crippen LogP contribution is -2.63. The molecule has 0 bridgehead atoms. The molecule has 0 aromatic heterocycles. The van der Waals surface area contributed by atoms with Gasteiger partial charge in [0.25, 0.3) is 0 Å². The highest BCUT2D eigenvalue weighted by atomic mass is 125. The number of carbonyl (C=O) groups is 10. The summed E-state index contributed by atoms with van der Waals surface area (Å²) in [6.45, 7) is 4.86. The minimum atomic E-state index is -1.77. The van der Waals surface area contributed by atoms with Crippen molar-refractivity contribution in [1.29, 1.82) is 0 Å². The van der Waals surface area contributed by atoms with E-state index in [0.29, 0.717) is 51.8 Å². The van der Waals surface area contributed by atoms with E-state index in [1.807, 2.05) is 22.6 Å². The molecular formula is C54H77IN14O12S2. The number of azide groups is 1. The first-order chi connectivity index (χ1) is 39.5. The van der Waals surface area contributed by atoms with Crippen LogP contribution in [-0.4, -0.2) is 154 Å². The van der Waals surface area contributed by atoms with Crippen molar-refractivity contribution in [2.75, 3.05) is 26.0 Å². The number of halogens is 1. The second kappa shape index (κ2) is 32.6. The number of hydrogen-bond acceptors (Lipinski definition) is 16. The van der Waals surface area contributed by atoms with Gasteiger partial charge in [0, 0.05) is 44.8 Å². The average Bonchev–Trinajstić information content (AvgIpc) is 4.24. The van der Waals surface area contributed by atoms with Crippen molar-refractivity contribution in [3.8, 4) is 5.75 Å². The molecule has 3 aliphatic rings. The van der Waals surface area contributed by atoms with Crippen molar-refractivity contribution in [2.24, 2.45) is 28.2 Å². The maximum atomic E-state index is 15.0. The number of amides is 10. The van der Waals surface area contributed by atoms with E-state index < -0.39 is 131 Å². The molecule has 14 N–H and O–H groups in total. The summed E-state index contributed by atoms with van der Waals surface area (Å²) in [6.07, 6.45) is 2.21. The predicted octanol–water partition coefficient (Wildman–Crippen LogP) is 1.43. The number of methoxy groups -OCH3 is 1. The van der Waals surface area contributed by atoms with Gasteiger partial charge in [0.1, 0.15) is 54.1 Å². The quantitative estimate of drug-likeness (QED) is 0.0294. The number of primary amides is 2. The van der Waals surface area contributed by atoms with E-state index in [-0.39, 0.29) is 57.4 Å². The van der Waals surface area contributed by atoms with Crippen molar-refractivity contribution in [3.63, 3.8) is 0 Å². The maximum absolute atomic E-state index is 15.0. The van der Waals surface area contributed by atoms with Crippen LogP contribution in [0.5, 0.6) is 5.75 Å². The van der Waals surface area contributed by atoms with Crippen LogP contribution < -0.4 is 59.2 Å². The van der Waals surface area contributed by atoms with Crippen LogP contribution in [0.2, 0.25) is 0 Å². The highest BCUT2D eigenvalue weighted by Gasteiger charge is 2.43. The van der Waals surface area contributed by atoms with E-state index in [2.05, 4.69) is 47.2 Å². The van der Waals surface area contributed by atoms with E-state index in [9.17, 15) is 48.3 Å². The Morgan fingerprint density at radius 2 is 1.54 bits per heavy atom. The lowest BCUT2D eigenvalue weighted by Gasteiger charge is -2.37. The topological polar surface area (TPSA) is 414 Å². The number of benzene rings is 2. The van der Waals surface area contributed by atoms with Gasteiger partial charge in [-0.1, -0.05) is 90.5 Å². The third-order valence-electron chi connectivity index (χ3n) is 14.9. The van der Waals surface area contributed by atoms with Crippen LogP contribution >= 0.6 is 44.2 Å². The zero-order chi connectivity index (χ0) is 61.0. The van der Waals surface area contributed by atoms with Gasteiger partial charge < -0.3 is 69.2 Å². The van der Waals surface area contributed by atoms with E-state index in [4.69, 9.17) is 27.5 Å². The Labute approximate surface area is 503 Å². The van der Waals surface area contributed by atoms with Gasteiger partial charge >= 0.3 is 0 Å². The van der Waals surface area contributed by atoms with Crippen LogP contribution in [0.15, 0.2) is 47.6 Å². The summed E-state index contributed by atoms with van der Waals surface area (Å²) in [7, 11) is 4.04. The number of likely N-dealkylation sites (tertiary alicyclic amines) is 1. The average molecular weight is 1300 g/mol. The van der Waals surface area contributed by atoms with Crippen molar-refractivity contribution in [2.45, 2.75) is 170 Å². The van der Waals surface area contributed by atoms with Crippen LogP contribution in [0.3, 0.4) is 0 Å². The van der Waals surface area contributed by atoms with Crippen LogP contribution in [0, 0.1) is 9.49 Å². The second-order valence-corrected chi connectivity index (χ2v) is 25.1. The van der Waals surface area contributed by atoms with Gasteiger partial charge in [0.05, 0.1) is 25.3 Å². The largest absolute Gasteiger partial charge is 0.497 e. The molecule has 26 nitrogen and oxygen atoms in total. The summed E-state index contributed by atoms with van der Waals surface area (Å²) in [4.78, 5) is 145. The maximum Gasteiger partial charge on any atom is 0.246 e. The van der Waals surface area contributed by atoms with Gasteiger partial charge in [-0.3, -0.25) is 47.9 Å². The first-order valence-electron chi connectivity index (χ1n) is 27.7. The molecule has 10 atom stereocenters. The van der Waals surface area contributed by atoms with E-state index in [1.54, 1.807) is 56.3 Å². The van der Waals surface area contributed by atoms with Crippen LogP contribution in [-0.2, 0) is 60.8 Å². The molecule has 10 amide bonds. The second-order valence-electron chi connectivity index (χ2n) is 21.2. The third-order valence-corrected chi connectivity index (χ3v) is 19.1. The molecule has 0 unspecified atom stereocenters. The Morgan fingerprint density at radius 3 is 2.16 bits per heavy atom. The molecule has 2 aliphatic heterocycles. The number of aliphatic hydroxyl groups is 1. The standard InChI is InChI=1S/C54H77IN14O12S2/c1-5-29(2)44-51(78)66-45(30(3)70)52(79)63-39(26-42(57)71)48(75)64-40(28-82-83-54(19-7-6-8-20-54)27-43(72)60-38(49(76)65-44)24-31-13-16-33(81-4)17-14-31)53(80)69-22-10-12-41(69)50(77)61-36(11-9-21-56)47(74)62-37(46(58)73)25-32-15-18-35(67-68-59)34(55)23-32/h13-18,23,29-30,36-41,44-45,70H,5-12,19-22,24-28,56H2,1-4H3,(H2,57,71)(H2,58,73)(H,60,72)(H,61,77)(H,62,74)(H,63,79)(H,64,75)(H,65,76)(H,66,78)/t29-,30+,36-,37-,38-,39-,40-,41-,44-,45-/m0/s1/i55-2. The van der Waals surface area contributed by atoms with Crippen molar-refractivity contribution >= 4 is 109 Å². The Morgan fingerprint density at radius 1 is 0.880 bits per heavy atom. The number of rotatable bonds is 20. The predicted molar refractivity (Wildman–Crippen MR) is 320 cm³/mol. The fourth-order valence-corrected chi connectivity index (χ4v) is 14.1. The molecule has 1 spiro atoms. The summed E-state index contributed by atoms with van der Waals surface area (Å²) in [5.74, 6) is -8.45. The summed E-state index contributed by atoms with van der Waals surface area (Å²) >= 11 is 1.97. The number of nitrogens with two attached hydrogens (primary N) is 3. The highest BCUT2D eigenvalue weighted by Crippen LogP contribution is 2.48. The molecule has 83 heavy (non-hydrogen) atoms. The monoisotopic (exact) mass is 1300 g/mol. The van der Waals surface area contributed by atoms with E-state index in [0.717, 1.165) is 19.3 Å². The first kappa shape index (κ1) is 67.4. The summed E-state index contributed by atoms with van der Waals surface area (Å²) in [6, 6.07) is 0.607. The van der Waals surface area contributed by atoms with Gasteiger partial charge in [0.15, 0.2) is 0 Å². The smallest absolute Gasteiger partial charge is 0.246 e. The zero-order valence-electron chi connectivity index (χ0n) is 47.0. The molecule has 2 aromatic carbocycles. The number of nitrogens with zero attached hydrogens (tertiary/aromatic N) is 4. The van der Waals surface area contributed by atoms with Gasteiger partial charge in [-0.25, -0.2) is 0 Å². The Balaban J connectivity index is 1.48. The molecule has 5 rings (SSSR count). The van der Waals surface area contributed by atoms with Crippen LogP contribution in [0.25, 0.3) is 10.4 Å². The molecule has 1 aliphatic carbocycles. The molecule has 2 aromatic rings. The van der Waals surface area contributed by atoms with Gasteiger partial charge in [-0.2, -0.15) is 0 Å². The summed E-state index contributed by atoms with van der Waals surface area (Å²) < 4.78 is 5.18. The van der Waals surface area contributed by atoms with E-state index >= 15 is 4.79 Å². The number of aliphatic hydroxyl groups excluding tert-OH is 1. The number of carbonyl (C=O) groups excluding carboxylic acids is 10. The zero-order valence-corrected chi connectivity index (χ0v) is 50.8. The molecule has 454 valence electrons. The Hall–Kier alpha value is -6.40. The summed E-state index contributed by atoms with van der Waals surface area (Å²) in [5, 5.41) is 33.3. The van der Waals surface area contributed by atoms with Gasteiger partial charge in [-0.05, 0) is 115 Å². The molecule has 2 heterocycles. The minimum Gasteiger partial charge on any atom is -0.497 e. The SMILES string of the molecule is CC[C@H](C)[C@@H]1NC(=O)[C@H](Cc2ccc(OC)cc2)NC(=O)CC2(CCCCC2)SSC[C@@H](C(=O)N2CCC[C@H]2C(=O)N[C@@H](CCCN)C(=O)N[C@@H](Cc2ccc(N=[N+]=[N-])c([125I])c2)C(N)=O)NC(=O)[C@H](CC(N)=O)NC(=O)[C@H]([C@@H](C)O)NC1=O. The first-order valence-corrected chi connectivity index (χ1v) is 31.1. The van der Waals surface area contributed by atoms with E-state index in [1.165, 1.54) is 40.5 Å².